The van der Waals surface area contributed by atoms with Crippen LogP contribution in [0, 0.1) is 0 Å². The van der Waals surface area contributed by atoms with Gasteiger partial charge in [-0.3, -0.25) is 0 Å². The van der Waals surface area contributed by atoms with E-state index in [4.69, 9.17) is 4.42 Å². The van der Waals surface area contributed by atoms with Gasteiger partial charge in [-0.1, -0.05) is 152 Å². The molecule has 0 aliphatic heterocycles. The number of furan rings is 1. The molecule has 0 fully saturated rings. The molecule has 0 radical (unpaired) electrons. The monoisotopic (exact) mass is 713 g/mol. The van der Waals surface area contributed by atoms with E-state index in [1.807, 2.05) is 6.07 Å². The van der Waals surface area contributed by atoms with Gasteiger partial charge in [-0.2, -0.15) is 0 Å². The molecule has 1 heterocycles. The van der Waals surface area contributed by atoms with Gasteiger partial charge in [0.05, 0.1) is 0 Å². The van der Waals surface area contributed by atoms with Crippen LogP contribution in [0.5, 0.6) is 0 Å². The zero-order valence-electron chi connectivity index (χ0n) is 30.6. The Balaban J connectivity index is 0.979. The van der Waals surface area contributed by atoms with Gasteiger partial charge in [-0.25, -0.2) is 0 Å². The Labute approximate surface area is 325 Å². The lowest BCUT2D eigenvalue weighted by Gasteiger charge is -2.26. The van der Waals surface area contributed by atoms with Crippen molar-refractivity contribution in [2.45, 2.75) is 0 Å². The normalized spacial score (nSPS) is 11.6. The van der Waals surface area contributed by atoms with Crippen LogP contribution < -0.4 is 4.90 Å². The van der Waals surface area contributed by atoms with Gasteiger partial charge < -0.3 is 9.32 Å². The van der Waals surface area contributed by atoms with Crippen molar-refractivity contribution in [3.8, 4) is 33.4 Å². The lowest BCUT2D eigenvalue weighted by atomic mass is 9.92. The number of anilines is 3. The van der Waals surface area contributed by atoms with Gasteiger partial charge in [-0.15, -0.1) is 0 Å². The first-order valence-electron chi connectivity index (χ1n) is 19.2. The van der Waals surface area contributed by atoms with E-state index in [-0.39, 0.29) is 0 Å². The predicted octanol–water partition coefficient (Wildman–Crippen LogP) is 15.5. The van der Waals surface area contributed by atoms with E-state index in [1.165, 1.54) is 60.1 Å². The van der Waals surface area contributed by atoms with Crippen LogP contribution in [0.4, 0.5) is 17.1 Å². The lowest BCUT2D eigenvalue weighted by Crippen LogP contribution is -2.09. The van der Waals surface area contributed by atoms with Gasteiger partial charge in [0.15, 0.2) is 0 Å². The lowest BCUT2D eigenvalue weighted by molar-refractivity contribution is 0.669. The third-order valence-corrected chi connectivity index (χ3v) is 11.2. The zero-order valence-corrected chi connectivity index (χ0v) is 30.6. The third-order valence-electron chi connectivity index (χ3n) is 11.2. The summed E-state index contributed by atoms with van der Waals surface area (Å²) in [5.74, 6) is 0. The molecule has 0 amide bonds. The molecule has 0 unspecified atom stereocenters. The summed E-state index contributed by atoms with van der Waals surface area (Å²) in [4.78, 5) is 2.33. The molecule has 0 N–H and O–H groups in total. The molecule has 0 saturated carbocycles. The maximum atomic E-state index is 6.45. The van der Waals surface area contributed by atoms with Gasteiger partial charge in [0.1, 0.15) is 11.2 Å². The highest BCUT2D eigenvalue weighted by Gasteiger charge is 2.17. The summed E-state index contributed by atoms with van der Waals surface area (Å²) in [7, 11) is 0. The average molecular weight is 714 g/mol. The van der Waals surface area contributed by atoms with E-state index in [1.54, 1.807) is 0 Å². The van der Waals surface area contributed by atoms with E-state index in [0.717, 1.165) is 44.6 Å². The minimum absolute atomic E-state index is 0.906. The van der Waals surface area contributed by atoms with Gasteiger partial charge in [-0.05, 0) is 126 Å². The first-order valence-corrected chi connectivity index (χ1v) is 19.2. The number of hydrogen-bond donors (Lipinski definition) is 0. The van der Waals surface area contributed by atoms with Crippen molar-refractivity contribution in [3.63, 3.8) is 0 Å². The maximum Gasteiger partial charge on any atom is 0.136 e. The first kappa shape index (κ1) is 32.0. The maximum absolute atomic E-state index is 6.45. The van der Waals surface area contributed by atoms with Crippen molar-refractivity contribution in [1.29, 1.82) is 0 Å². The molecular formula is C54H35NO. The topological polar surface area (TPSA) is 16.4 Å². The largest absolute Gasteiger partial charge is 0.456 e. The van der Waals surface area contributed by atoms with Crippen molar-refractivity contribution in [3.05, 3.63) is 212 Å². The minimum Gasteiger partial charge on any atom is -0.456 e. The number of benzene rings is 10. The Morgan fingerprint density at radius 1 is 0.286 bits per heavy atom. The van der Waals surface area contributed by atoms with Crippen LogP contribution in [0.3, 0.4) is 0 Å². The Morgan fingerprint density at radius 3 is 1.52 bits per heavy atom. The van der Waals surface area contributed by atoms with Crippen molar-refractivity contribution >= 4 is 71.3 Å². The van der Waals surface area contributed by atoms with Gasteiger partial charge in [0.2, 0.25) is 0 Å². The van der Waals surface area contributed by atoms with Gasteiger partial charge in [0, 0.05) is 27.8 Å². The summed E-state index contributed by atoms with van der Waals surface area (Å²) in [6, 6.07) is 76.4. The Bertz CT molecular complexity index is 3220. The number of nitrogens with zero attached hydrogens (tertiary/aromatic N) is 1. The number of rotatable bonds is 6. The molecule has 0 spiro atoms. The number of para-hydroxylation sites is 2. The van der Waals surface area contributed by atoms with Gasteiger partial charge >= 0.3 is 0 Å². The summed E-state index contributed by atoms with van der Waals surface area (Å²) < 4.78 is 6.45. The highest BCUT2D eigenvalue weighted by atomic mass is 16.3. The second-order valence-corrected chi connectivity index (χ2v) is 14.5. The predicted molar refractivity (Wildman–Crippen MR) is 237 cm³/mol. The summed E-state index contributed by atoms with van der Waals surface area (Å²) in [6.45, 7) is 0. The van der Waals surface area contributed by atoms with Crippen LogP contribution in [0.15, 0.2) is 217 Å². The molecule has 11 rings (SSSR count). The molecule has 2 heteroatoms. The summed E-state index contributed by atoms with van der Waals surface area (Å²) in [6.07, 6.45) is 0. The Morgan fingerprint density at radius 2 is 0.804 bits per heavy atom. The summed E-state index contributed by atoms with van der Waals surface area (Å²) >= 11 is 0. The standard InChI is InChI=1S/C54H35NO/c1-3-11-38(12-4-1)50-35-53-54(48-17-9-10-18-52(48)56-53)51-34-42(27-32-47(50)51)37-25-30-45(31-26-37)55(43-14-5-2-6-15-43)44-28-23-36(24-29-44)41-22-21-40-20-19-39-13-7-8-16-46(39)49(40)33-41/h1-35H. The van der Waals surface area contributed by atoms with Crippen molar-refractivity contribution in [2.75, 3.05) is 4.90 Å². The van der Waals surface area contributed by atoms with Crippen molar-refractivity contribution in [2.24, 2.45) is 0 Å². The van der Waals surface area contributed by atoms with E-state index in [0.29, 0.717) is 0 Å². The van der Waals surface area contributed by atoms with Crippen LogP contribution >= 0.6 is 0 Å². The van der Waals surface area contributed by atoms with E-state index >= 15 is 0 Å². The van der Waals surface area contributed by atoms with Crippen LogP contribution in [0.25, 0.3) is 87.6 Å². The van der Waals surface area contributed by atoms with Crippen LogP contribution in [-0.2, 0) is 0 Å². The third kappa shape index (κ3) is 5.42. The highest BCUT2D eigenvalue weighted by Crippen LogP contribution is 2.42. The molecule has 10 aromatic carbocycles. The quantitative estimate of drug-likeness (QED) is 0.160. The van der Waals surface area contributed by atoms with Crippen LogP contribution in [0.2, 0.25) is 0 Å². The van der Waals surface area contributed by atoms with Gasteiger partial charge in [0.25, 0.3) is 0 Å². The molecule has 262 valence electrons. The Hall–Kier alpha value is -7.42. The molecule has 0 bridgehead atoms. The SMILES string of the molecule is c1ccc(-c2cc3oc4ccccc4c3c3cc(-c4ccc(N(c5ccccc5)c5ccc(-c6ccc7ccc8ccccc8c7c6)cc5)cc4)ccc23)cc1. The summed E-state index contributed by atoms with van der Waals surface area (Å²) in [5, 5.41) is 9.78. The molecule has 11 aromatic rings. The fourth-order valence-electron chi connectivity index (χ4n) is 8.49. The number of fused-ring (bicyclic) bond motifs is 8. The van der Waals surface area contributed by atoms with Crippen molar-refractivity contribution < 1.29 is 4.42 Å². The van der Waals surface area contributed by atoms with E-state index in [2.05, 4.69) is 211 Å². The molecule has 0 aliphatic rings. The van der Waals surface area contributed by atoms with Crippen molar-refractivity contribution in [1.82, 2.24) is 0 Å². The van der Waals surface area contributed by atoms with Crippen LogP contribution in [0.1, 0.15) is 0 Å². The van der Waals surface area contributed by atoms with E-state index in [9.17, 15) is 0 Å². The summed E-state index contributed by atoms with van der Waals surface area (Å²) in [5.41, 5.74) is 12.2. The van der Waals surface area contributed by atoms with Crippen LogP contribution in [-0.4, -0.2) is 0 Å². The highest BCUT2D eigenvalue weighted by molar-refractivity contribution is 6.22. The zero-order chi connectivity index (χ0) is 37.0. The molecule has 0 atom stereocenters. The molecular weight excluding hydrogens is 679 g/mol. The molecule has 56 heavy (non-hydrogen) atoms. The molecule has 2 nitrogen and oxygen atoms in total. The molecule has 0 saturated heterocycles. The molecule has 0 aliphatic carbocycles. The fourth-order valence-corrected chi connectivity index (χ4v) is 8.49. The van der Waals surface area contributed by atoms with E-state index < -0.39 is 0 Å². The second kappa shape index (κ2) is 13.2. The Kier molecular flexibility index (Phi) is 7.53. The molecule has 1 aromatic heterocycles. The number of hydrogen-bond acceptors (Lipinski definition) is 2. The smallest absolute Gasteiger partial charge is 0.136 e. The minimum atomic E-state index is 0.906. The fraction of sp³-hybridized carbons (Fsp3) is 0. The first-order chi connectivity index (χ1) is 27.7. The average Bonchev–Trinajstić information content (AvgIpc) is 3.66. The second-order valence-electron chi connectivity index (χ2n) is 14.5.